The molecule has 0 aromatic heterocycles. The number of nitrogens with two attached hydrogens (primary N) is 1. The Kier molecular flexibility index (Phi) is 5.68. The Morgan fingerprint density at radius 2 is 1.79 bits per heavy atom. The third kappa shape index (κ3) is 3.95. The minimum atomic E-state index is 0.343. The van der Waals surface area contributed by atoms with Crippen molar-refractivity contribution in [2.24, 2.45) is 5.73 Å². The van der Waals surface area contributed by atoms with Crippen molar-refractivity contribution in [1.82, 2.24) is 4.90 Å². The number of nitrogens with zero attached hydrogens (tertiary/aromatic N) is 1. The van der Waals surface area contributed by atoms with Crippen molar-refractivity contribution in [3.63, 3.8) is 0 Å². The van der Waals surface area contributed by atoms with Crippen molar-refractivity contribution in [2.75, 3.05) is 19.6 Å². The summed E-state index contributed by atoms with van der Waals surface area (Å²) in [6.45, 7) is 5.16. The number of halogens is 1. The lowest BCUT2D eigenvalue weighted by molar-refractivity contribution is 0.183. The molecule has 0 bridgehead atoms. The Balaban J connectivity index is 2.17. The van der Waals surface area contributed by atoms with Crippen LogP contribution in [0.2, 0.25) is 5.02 Å². The number of benzene rings is 1. The Hall–Kier alpha value is -0.570. The van der Waals surface area contributed by atoms with Crippen LogP contribution in [-0.2, 0) is 0 Å². The standard InChI is InChI=1S/C16H25ClN2/c1-13-11-14(17)7-8-15(13)16(12-18)19-9-5-3-2-4-6-10-19/h7-8,11,16H,2-6,9-10,12,18H2,1H3. The van der Waals surface area contributed by atoms with E-state index in [4.69, 9.17) is 17.3 Å². The molecule has 1 atom stereocenters. The number of hydrogen-bond donors (Lipinski definition) is 1. The highest BCUT2D eigenvalue weighted by Crippen LogP contribution is 2.27. The summed E-state index contributed by atoms with van der Waals surface area (Å²) in [7, 11) is 0. The maximum absolute atomic E-state index is 6.06. The average molecular weight is 281 g/mol. The molecule has 1 fully saturated rings. The van der Waals surface area contributed by atoms with Crippen molar-refractivity contribution in [3.8, 4) is 0 Å². The summed E-state index contributed by atoms with van der Waals surface area (Å²) in [5.74, 6) is 0. The van der Waals surface area contributed by atoms with Crippen LogP contribution in [0.5, 0.6) is 0 Å². The van der Waals surface area contributed by atoms with Gasteiger partial charge < -0.3 is 5.73 Å². The summed E-state index contributed by atoms with van der Waals surface area (Å²) < 4.78 is 0. The van der Waals surface area contributed by atoms with Crippen LogP contribution < -0.4 is 5.73 Å². The number of aryl methyl sites for hydroxylation is 1. The SMILES string of the molecule is Cc1cc(Cl)ccc1C(CN)N1CCCCCCC1. The quantitative estimate of drug-likeness (QED) is 0.909. The first kappa shape index (κ1) is 14.8. The second kappa shape index (κ2) is 7.28. The largest absolute Gasteiger partial charge is 0.329 e. The van der Waals surface area contributed by atoms with Gasteiger partial charge in [0.2, 0.25) is 0 Å². The molecule has 0 amide bonds. The molecule has 1 aromatic rings. The monoisotopic (exact) mass is 280 g/mol. The lowest BCUT2D eigenvalue weighted by Gasteiger charge is -2.33. The molecule has 106 valence electrons. The molecule has 3 heteroatoms. The predicted molar refractivity (Wildman–Crippen MR) is 82.6 cm³/mol. The van der Waals surface area contributed by atoms with Crippen LogP contribution in [0.4, 0.5) is 0 Å². The molecule has 1 aliphatic rings. The topological polar surface area (TPSA) is 29.3 Å². The van der Waals surface area contributed by atoms with E-state index in [0.717, 1.165) is 5.02 Å². The Bertz CT molecular complexity index is 398. The first-order chi connectivity index (χ1) is 9.22. The Morgan fingerprint density at radius 3 is 2.37 bits per heavy atom. The van der Waals surface area contributed by atoms with Crippen LogP contribution in [0.15, 0.2) is 18.2 Å². The lowest BCUT2D eigenvalue weighted by Crippen LogP contribution is -2.36. The van der Waals surface area contributed by atoms with Crippen LogP contribution >= 0.6 is 11.6 Å². The lowest BCUT2D eigenvalue weighted by atomic mass is 9.98. The van der Waals surface area contributed by atoms with Crippen molar-refractivity contribution in [1.29, 1.82) is 0 Å². The molecule has 1 heterocycles. The van der Waals surface area contributed by atoms with Gasteiger partial charge in [-0.2, -0.15) is 0 Å². The molecular weight excluding hydrogens is 256 g/mol. The van der Waals surface area contributed by atoms with E-state index in [1.807, 2.05) is 12.1 Å². The predicted octanol–water partition coefficient (Wildman–Crippen LogP) is 3.91. The molecule has 1 unspecified atom stereocenters. The van der Waals surface area contributed by atoms with Crippen LogP contribution in [-0.4, -0.2) is 24.5 Å². The van der Waals surface area contributed by atoms with Crippen molar-refractivity contribution in [2.45, 2.75) is 45.1 Å². The van der Waals surface area contributed by atoms with Gasteiger partial charge in [-0.05, 0) is 56.1 Å². The van der Waals surface area contributed by atoms with E-state index in [2.05, 4.69) is 17.9 Å². The summed E-state index contributed by atoms with van der Waals surface area (Å²) in [5, 5.41) is 0.810. The van der Waals surface area contributed by atoms with Gasteiger partial charge in [-0.1, -0.05) is 36.9 Å². The zero-order valence-electron chi connectivity index (χ0n) is 11.9. The van der Waals surface area contributed by atoms with Gasteiger partial charge in [0.1, 0.15) is 0 Å². The van der Waals surface area contributed by atoms with E-state index >= 15 is 0 Å². The van der Waals surface area contributed by atoms with Crippen molar-refractivity contribution < 1.29 is 0 Å². The number of rotatable bonds is 3. The normalized spacial score (nSPS) is 19.7. The number of likely N-dealkylation sites (tertiary alicyclic amines) is 1. The van der Waals surface area contributed by atoms with Crippen LogP contribution in [0.1, 0.15) is 49.3 Å². The molecule has 0 saturated carbocycles. The van der Waals surface area contributed by atoms with Gasteiger partial charge in [-0.15, -0.1) is 0 Å². The molecule has 19 heavy (non-hydrogen) atoms. The average Bonchev–Trinajstić information content (AvgIpc) is 2.34. The third-order valence-electron chi connectivity index (χ3n) is 4.15. The fraction of sp³-hybridized carbons (Fsp3) is 0.625. The van der Waals surface area contributed by atoms with Crippen molar-refractivity contribution >= 4 is 11.6 Å². The summed E-state index contributed by atoms with van der Waals surface area (Å²) in [4.78, 5) is 2.56. The van der Waals surface area contributed by atoms with Gasteiger partial charge in [0.15, 0.2) is 0 Å². The fourth-order valence-corrected chi connectivity index (χ4v) is 3.30. The molecule has 0 spiro atoms. The van der Waals surface area contributed by atoms with E-state index in [0.29, 0.717) is 12.6 Å². The molecule has 1 saturated heterocycles. The smallest absolute Gasteiger partial charge is 0.0473 e. The van der Waals surface area contributed by atoms with E-state index in [1.54, 1.807) is 0 Å². The number of hydrogen-bond acceptors (Lipinski definition) is 2. The Labute approximate surface area is 121 Å². The zero-order chi connectivity index (χ0) is 13.7. The minimum Gasteiger partial charge on any atom is -0.329 e. The van der Waals surface area contributed by atoms with Crippen LogP contribution in [0.25, 0.3) is 0 Å². The third-order valence-corrected chi connectivity index (χ3v) is 4.38. The summed E-state index contributed by atoms with van der Waals surface area (Å²) in [6, 6.07) is 6.52. The van der Waals surface area contributed by atoms with E-state index in [9.17, 15) is 0 Å². The highest BCUT2D eigenvalue weighted by Gasteiger charge is 2.21. The van der Waals surface area contributed by atoms with E-state index in [-0.39, 0.29) is 0 Å². The molecule has 0 radical (unpaired) electrons. The maximum Gasteiger partial charge on any atom is 0.0473 e. The molecule has 0 aliphatic carbocycles. The van der Waals surface area contributed by atoms with Gasteiger partial charge >= 0.3 is 0 Å². The zero-order valence-corrected chi connectivity index (χ0v) is 12.6. The molecular formula is C16H25ClN2. The van der Waals surface area contributed by atoms with Gasteiger partial charge in [-0.25, -0.2) is 0 Å². The highest BCUT2D eigenvalue weighted by atomic mass is 35.5. The fourth-order valence-electron chi connectivity index (χ4n) is 3.07. The molecule has 2 N–H and O–H groups in total. The summed E-state index contributed by atoms with van der Waals surface area (Å²) >= 11 is 6.05. The van der Waals surface area contributed by atoms with Crippen LogP contribution in [0.3, 0.4) is 0 Å². The second-order valence-electron chi connectivity index (χ2n) is 5.56. The van der Waals surface area contributed by atoms with Crippen molar-refractivity contribution in [3.05, 3.63) is 34.3 Å². The minimum absolute atomic E-state index is 0.343. The highest BCUT2D eigenvalue weighted by molar-refractivity contribution is 6.30. The van der Waals surface area contributed by atoms with E-state index in [1.165, 1.54) is 56.3 Å². The summed E-state index contributed by atoms with van der Waals surface area (Å²) in [5.41, 5.74) is 8.65. The molecule has 2 nitrogen and oxygen atoms in total. The van der Waals surface area contributed by atoms with Gasteiger partial charge in [0, 0.05) is 17.6 Å². The molecule has 2 rings (SSSR count). The maximum atomic E-state index is 6.06. The van der Waals surface area contributed by atoms with Crippen LogP contribution in [0, 0.1) is 6.92 Å². The molecule has 1 aromatic carbocycles. The van der Waals surface area contributed by atoms with Gasteiger partial charge in [0.25, 0.3) is 0 Å². The van der Waals surface area contributed by atoms with E-state index < -0.39 is 0 Å². The second-order valence-corrected chi connectivity index (χ2v) is 5.99. The molecule has 1 aliphatic heterocycles. The summed E-state index contributed by atoms with van der Waals surface area (Å²) in [6.07, 6.45) is 6.69. The van der Waals surface area contributed by atoms with Gasteiger partial charge in [0.05, 0.1) is 0 Å². The Morgan fingerprint density at radius 1 is 1.16 bits per heavy atom. The van der Waals surface area contributed by atoms with Gasteiger partial charge in [-0.3, -0.25) is 4.90 Å². The first-order valence-corrected chi connectivity index (χ1v) is 7.80. The first-order valence-electron chi connectivity index (χ1n) is 7.42.